The maximum atomic E-state index is 6.15. The van der Waals surface area contributed by atoms with Crippen molar-refractivity contribution >= 4 is 43.5 Å². The first kappa shape index (κ1) is 25.3. The van der Waals surface area contributed by atoms with Gasteiger partial charge in [-0.2, -0.15) is 0 Å². The van der Waals surface area contributed by atoms with E-state index in [0.717, 1.165) is 54.8 Å². The van der Waals surface area contributed by atoms with Crippen LogP contribution in [0.4, 0.5) is 0 Å². The van der Waals surface area contributed by atoms with Crippen LogP contribution in [-0.4, -0.2) is 19.9 Å². The maximum absolute atomic E-state index is 6.15. The summed E-state index contributed by atoms with van der Waals surface area (Å²) < 4.78 is 6.15. The van der Waals surface area contributed by atoms with Gasteiger partial charge in [0.2, 0.25) is 0 Å². The van der Waals surface area contributed by atoms with Crippen molar-refractivity contribution in [1.82, 2.24) is 19.9 Å². The molecule has 5 heteroatoms. The zero-order valence-corrected chi connectivity index (χ0v) is 24.1. The lowest BCUT2D eigenvalue weighted by Crippen LogP contribution is -2.00. The first-order valence-electron chi connectivity index (χ1n) is 14.9. The van der Waals surface area contributed by atoms with Crippen molar-refractivity contribution in [2.24, 2.45) is 0 Å². The minimum atomic E-state index is 0.591. The molecule has 9 aromatic rings. The number of hydrogen-bond donors (Lipinski definition) is 0. The van der Waals surface area contributed by atoms with E-state index in [-0.39, 0.29) is 0 Å². The van der Waals surface area contributed by atoms with Gasteiger partial charge in [-0.3, -0.25) is 4.98 Å². The van der Waals surface area contributed by atoms with Gasteiger partial charge in [0.05, 0.1) is 6.20 Å². The quantitative estimate of drug-likeness (QED) is 0.209. The van der Waals surface area contributed by atoms with Crippen LogP contribution in [0.25, 0.3) is 88.8 Å². The van der Waals surface area contributed by atoms with E-state index in [4.69, 9.17) is 19.4 Å². The lowest BCUT2D eigenvalue weighted by atomic mass is 10.00. The Morgan fingerprint density at radius 3 is 1.82 bits per heavy atom. The second kappa shape index (κ2) is 10.2. The first-order chi connectivity index (χ1) is 22.3. The van der Waals surface area contributed by atoms with Gasteiger partial charge in [-0.05, 0) is 63.0 Å². The van der Waals surface area contributed by atoms with Gasteiger partial charge in [0, 0.05) is 33.7 Å². The van der Waals surface area contributed by atoms with E-state index in [1.807, 2.05) is 36.4 Å². The average molecular weight is 577 g/mol. The Morgan fingerprint density at radius 2 is 1.04 bits per heavy atom. The number of furan rings is 1. The second-order valence-electron chi connectivity index (χ2n) is 11.2. The molecule has 0 fully saturated rings. The Kier molecular flexibility index (Phi) is 5.74. The first-order valence-corrected chi connectivity index (χ1v) is 14.9. The Bertz CT molecular complexity index is 2550. The summed E-state index contributed by atoms with van der Waals surface area (Å²) >= 11 is 0. The van der Waals surface area contributed by atoms with Crippen LogP contribution in [0.5, 0.6) is 0 Å². The Labute approximate surface area is 258 Å². The molecule has 0 aliphatic heterocycles. The largest absolute Gasteiger partial charge is 0.454 e. The fourth-order valence-electron chi connectivity index (χ4n) is 6.14. The molecule has 0 aliphatic carbocycles. The molecule has 6 aromatic carbocycles. The number of nitrogens with zero attached hydrogens (tertiary/aromatic N) is 4. The van der Waals surface area contributed by atoms with E-state index < -0.39 is 0 Å². The average Bonchev–Trinajstić information content (AvgIpc) is 3.50. The number of benzene rings is 6. The Balaban J connectivity index is 1.25. The molecule has 9 rings (SSSR count). The molecule has 0 N–H and O–H groups in total. The molecule has 0 unspecified atom stereocenters. The Hall–Kier alpha value is -6.20. The van der Waals surface area contributed by atoms with E-state index in [9.17, 15) is 0 Å². The van der Waals surface area contributed by atoms with Crippen LogP contribution in [0.15, 0.2) is 150 Å². The third-order valence-electron chi connectivity index (χ3n) is 8.39. The fourth-order valence-corrected chi connectivity index (χ4v) is 6.14. The van der Waals surface area contributed by atoms with Crippen LogP contribution in [-0.2, 0) is 0 Å². The number of hydrogen-bond acceptors (Lipinski definition) is 5. The van der Waals surface area contributed by atoms with Crippen molar-refractivity contribution in [3.05, 3.63) is 146 Å². The standard InChI is InChI=1S/C40H24N4O/c1-2-7-25(8-3-1)28-14-15-30-23-32(18-16-29(30)21-28)39-42-38(31-17-13-26-9-4-5-10-27(26)22-31)43-40(44-39)34-11-6-12-35-37(34)33-19-20-41-24-36(33)45-35/h1-24H. The summed E-state index contributed by atoms with van der Waals surface area (Å²) in [5.41, 5.74) is 6.62. The molecule has 0 saturated carbocycles. The normalized spacial score (nSPS) is 11.6. The van der Waals surface area contributed by atoms with Gasteiger partial charge in [-0.15, -0.1) is 0 Å². The predicted octanol–water partition coefficient (Wildman–Crippen LogP) is 10.1. The van der Waals surface area contributed by atoms with Gasteiger partial charge in [0.1, 0.15) is 5.58 Å². The topological polar surface area (TPSA) is 64.7 Å². The molecular weight excluding hydrogens is 552 g/mol. The highest BCUT2D eigenvalue weighted by Crippen LogP contribution is 2.37. The summed E-state index contributed by atoms with van der Waals surface area (Å²) in [5, 5.41) is 6.52. The van der Waals surface area contributed by atoms with Gasteiger partial charge in [0.25, 0.3) is 0 Å². The zero-order chi connectivity index (χ0) is 29.7. The number of rotatable bonds is 4. The van der Waals surface area contributed by atoms with E-state index in [1.165, 1.54) is 16.5 Å². The van der Waals surface area contributed by atoms with Crippen molar-refractivity contribution in [2.45, 2.75) is 0 Å². The van der Waals surface area contributed by atoms with Crippen LogP contribution in [0, 0.1) is 0 Å². The van der Waals surface area contributed by atoms with E-state index in [2.05, 4.69) is 102 Å². The van der Waals surface area contributed by atoms with Gasteiger partial charge in [-0.25, -0.2) is 15.0 Å². The predicted molar refractivity (Wildman–Crippen MR) is 182 cm³/mol. The van der Waals surface area contributed by atoms with Gasteiger partial charge >= 0.3 is 0 Å². The molecule has 0 aliphatic rings. The zero-order valence-electron chi connectivity index (χ0n) is 24.1. The summed E-state index contributed by atoms with van der Waals surface area (Å²) in [6.07, 6.45) is 3.53. The van der Waals surface area contributed by atoms with Crippen LogP contribution >= 0.6 is 0 Å². The van der Waals surface area contributed by atoms with Gasteiger partial charge in [0.15, 0.2) is 23.1 Å². The van der Waals surface area contributed by atoms with E-state index in [0.29, 0.717) is 17.5 Å². The molecule has 210 valence electrons. The van der Waals surface area contributed by atoms with Gasteiger partial charge in [-0.1, -0.05) is 103 Å². The molecule has 0 amide bonds. The SMILES string of the molecule is c1ccc(-c2ccc3cc(-c4nc(-c5ccc6ccccc6c5)nc(-c5cccc6oc7cnccc7c56)n4)ccc3c2)cc1. The molecular formula is C40H24N4O. The third kappa shape index (κ3) is 4.41. The van der Waals surface area contributed by atoms with Crippen LogP contribution in [0.3, 0.4) is 0 Å². The van der Waals surface area contributed by atoms with E-state index in [1.54, 1.807) is 12.4 Å². The van der Waals surface area contributed by atoms with Crippen molar-refractivity contribution < 1.29 is 4.42 Å². The highest BCUT2D eigenvalue weighted by Gasteiger charge is 2.18. The van der Waals surface area contributed by atoms with Crippen molar-refractivity contribution in [2.75, 3.05) is 0 Å². The summed E-state index contributed by atoms with van der Waals surface area (Å²) in [6.45, 7) is 0. The molecule has 5 nitrogen and oxygen atoms in total. The van der Waals surface area contributed by atoms with Crippen LogP contribution < -0.4 is 0 Å². The lowest BCUT2D eigenvalue weighted by molar-refractivity contribution is 0.667. The highest BCUT2D eigenvalue weighted by atomic mass is 16.3. The maximum Gasteiger partial charge on any atom is 0.164 e. The molecule has 0 bridgehead atoms. The van der Waals surface area contributed by atoms with Crippen molar-refractivity contribution in [1.29, 1.82) is 0 Å². The molecule has 0 saturated heterocycles. The summed E-state index contributed by atoms with van der Waals surface area (Å²) in [4.78, 5) is 19.5. The summed E-state index contributed by atoms with van der Waals surface area (Å²) in [6, 6.07) is 46.0. The van der Waals surface area contributed by atoms with Crippen molar-refractivity contribution in [3.8, 4) is 45.3 Å². The monoisotopic (exact) mass is 576 g/mol. The Morgan fingerprint density at radius 1 is 0.422 bits per heavy atom. The molecule has 3 heterocycles. The summed E-state index contributed by atoms with van der Waals surface area (Å²) in [7, 11) is 0. The number of fused-ring (bicyclic) bond motifs is 5. The minimum absolute atomic E-state index is 0.591. The van der Waals surface area contributed by atoms with Crippen LogP contribution in [0.1, 0.15) is 0 Å². The van der Waals surface area contributed by atoms with Crippen LogP contribution in [0.2, 0.25) is 0 Å². The molecule has 45 heavy (non-hydrogen) atoms. The smallest absolute Gasteiger partial charge is 0.164 e. The molecule has 3 aromatic heterocycles. The molecule has 0 spiro atoms. The van der Waals surface area contributed by atoms with Gasteiger partial charge < -0.3 is 4.42 Å². The number of aromatic nitrogens is 4. The second-order valence-corrected chi connectivity index (χ2v) is 11.2. The fraction of sp³-hybridized carbons (Fsp3) is 0. The summed E-state index contributed by atoms with van der Waals surface area (Å²) in [5.74, 6) is 1.82. The van der Waals surface area contributed by atoms with E-state index >= 15 is 0 Å². The minimum Gasteiger partial charge on any atom is -0.454 e. The third-order valence-corrected chi connectivity index (χ3v) is 8.39. The highest BCUT2D eigenvalue weighted by molar-refractivity contribution is 6.11. The number of pyridine rings is 1. The molecule has 0 atom stereocenters. The van der Waals surface area contributed by atoms with Crippen molar-refractivity contribution in [3.63, 3.8) is 0 Å². The lowest BCUT2D eigenvalue weighted by Gasteiger charge is -2.11. The molecule has 0 radical (unpaired) electrons.